The van der Waals surface area contributed by atoms with Crippen LogP contribution < -0.4 is 0 Å². The van der Waals surface area contributed by atoms with Crippen LogP contribution in [0.15, 0.2) is 24.3 Å². The van der Waals surface area contributed by atoms with E-state index in [1.54, 1.807) is 24.3 Å². The Morgan fingerprint density at radius 2 is 1.83 bits per heavy atom. The largest absolute Gasteiger partial charge is 0.508 e. The molecule has 2 aliphatic heterocycles. The zero-order valence-corrected chi connectivity index (χ0v) is 10.2. The van der Waals surface area contributed by atoms with Gasteiger partial charge in [-0.3, -0.25) is 9.69 Å². The third-order valence-corrected chi connectivity index (χ3v) is 3.68. The van der Waals surface area contributed by atoms with Crippen LogP contribution in [0.2, 0.25) is 0 Å². The summed E-state index contributed by atoms with van der Waals surface area (Å²) in [5.41, 5.74) is 0.659. The molecule has 96 valence electrons. The predicted molar refractivity (Wildman–Crippen MR) is 66.8 cm³/mol. The van der Waals surface area contributed by atoms with Crippen molar-refractivity contribution in [3.8, 4) is 5.75 Å². The van der Waals surface area contributed by atoms with E-state index in [9.17, 15) is 9.90 Å². The molecule has 0 amide bonds. The predicted octanol–water partition coefficient (Wildman–Crippen LogP) is 1.44. The number of morpholine rings is 1. The minimum atomic E-state index is 0.108. The second-order valence-electron chi connectivity index (χ2n) is 5.12. The standard InChI is InChI=1S/C14H17NO3/c16-11-3-1-10(2-4-11)14(17)9-15-7-12-5-6-13(8-15)18-12/h1-4,12-13,16H,5-9H2. The van der Waals surface area contributed by atoms with Gasteiger partial charge in [-0.2, -0.15) is 0 Å². The van der Waals surface area contributed by atoms with Gasteiger partial charge < -0.3 is 9.84 Å². The number of hydrogen-bond donors (Lipinski definition) is 1. The van der Waals surface area contributed by atoms with Crippen molar-refractivity contribution in [3.05, 3.63) is 29.8 Å². The molecule has 2 saturated heterocycles. The summed E-state index contributed by atoms with van der Waals surface area (Å²) in [7, 11) is 0. The molecule has 2 aliphatic rings. The van der Waals surface area contributed by atoms with E-state index >= 15 is 0 Å². The number of rotatable bonds is 3. The number of carbonyl (C=O) groups is 1. The summed E-state index contributed by atoms with van der Waals surface area (Å²) >= 11 is 0. The van der Waals surface area contributed by atoms with E-state index in [0.29, 0.717) is 24.3 Å². The highest BCUT2D eigenvalue weighted by molar-refractivity contribution is 5.97. The lowest BCUT2D eigenvalue weighted by molar-refractivity contribution is -0.0355. The Kier molecular flexibility index (Phi) is 3.06. The molecule has 0 aliphatic carbocycles. The Bertz CT molecular complexity index is 431. The van der Waals surface area contributed by atoms with Crippen LogP contribution in [0.3, 0.4) is 0 Å². The lowest BCUT2D eigenvalue weighted by atomic mass is 10.1. The number of ether oxygens (including phenoxy) is 1. The molecule has 1 aromatic carbocycles. The van der Waals surface area contributed by atoms with Crippen LogP contribution in [0.25, 0.3) is 0 Å². The number of Topliss-reactive ketones (excluding diaryl/α,β-unsaturated/α-hetero) is 1. The van der Waals surface area contributed by atoms with Crippen LogP contribution in [0.4, 0.5) is 0 Å². The van der Waals surface area contributed by atoms with Crippen LogP contribution >= 0.6 is 0 Å². The van der Waals surface area contributed by atoms with Crippen LogP contribution in [0.1, 0.15) is 23.2 Å². The average molecular weight is 247 g/mol. The number of benzene rings is 1. The summed E-state index contributed by atoms with van der Waals surface area (Å²) in [5.74, 6) is 0.298. The smallest absolute Gasteiger partial charge is 0.176 e. The van der Waals surface area contributed by atoms with E-state index in [1.807, 2.05) is 0 Å². The van der Waals surface area contributed by atoms with Gasteiger partial charge in [0.05, 0.1) is 18.8 Å². The number of phenols is 1. The minimum absolute atomic E-state index is 0.108. The quantitative estimate of drug-likeness (QED) is 0.821. The van der Waals surface area contributed by atoms with E-state index in [4.69, 9.17) is 4.74 Å². The summed E-state index contributed by atoms with van der Waals surface area (Å²) in [6, 6.07) is 6.45. The second-order valence-corrected chi connectivity index (χ2v) is 5.12. The Labute approximate surface area is 106 Å². The molecule has 2 unspecified atom stereocenters. The Morgan fingerprint density at radius 1 is 1.22 bits per heavy atom. The normalized spacial score (nSPS) is 27.3. The lowest BCUT2D eigenvalue weighted by Gasteiger charge is -2.31. The zero-order chi connectivity index (χ0) is 12.5. The average Bonchev–Trinajstić information content (AvgIpc) is 2.69. The molecule has 2 fully saturated rings. The highest BCUT2D eigenvalue weighted by atomic mass is 16.5. The fraction of sp³-hybridized carbons (Fsp3) is 0.500. The minimum Gasteiger partial charge on any atom is -0.508 e. The Hall–Kier alpha value is -1.39. The first kappa shape index (κ1) is 11.7. The molecule has 0 saturated carbocycles. The molecule has 0 radical (unpaired) electrons. The van der Waals surface area contributed by atoms with E-state index in [0.717, 1.165) is 25.9 Å². The fourth-order valence-corrected chi connectivity index (χ4v) is 2.77. The molecule has 1 N–H and O–H groups in total. The summed E-state index contributed by atoms with van der Waals surface area (Å²) < 4.78 is 5.74. The third-order valence-electron chi connectivity index (χ3n) is 3.68. The molecule has 4 heteroatoms. The first-order chi connectivity index (χ1) is 8.70. The second kappa shape index (κ2) is 4.71. The maximum atomic E-state index is 12.1. The van der Waals surface area contributed by atoms with Gasteiger partial charge in [0, 0.05) is 18.7 Å². The number of phenolic OH excluding ortho intramolecular Hbond substituents is 1. The van der Waals surface area contributed by atoms with Crippen molar-refractivity contribution in [1.82, 2.24) is 4.90 Å². The van der Waals surface area contributed by atoms with Crippen molar-refractivity contribution >= 4 is 5.78 Å². The Balaban J connectivity index is 1.62. The van der Waals surface area contributed by atoms with Gasteiger partial charge in [0.25, 0.3) is 0 Å². The monoisotopic (exact) mass is 247 g/mol. The molecule has 4 nitrogen and oxygen atoms in total. The third kappa shape index (κ3) is 2.40. The van der Waals surface area contributed by atoms with Crippen molar-refractivity contribution in [3.63, 3.8) is 0 Å². The maximum Gasteiger partial charge on any atom is 0.176 e. The fourth-order valence-electron chi connectivity index (χ4n) is 2.77. The van der Waals surface area contributed by atoms with E-state index in [2.05, 4.69) is 4.90 Å². The van der Waals surface area contributed by atoms with Crippen molar-refractivity contribution in [2.24, 2.45) is 0 Å². The van der Waals surface area contributed by atoms with Gasteiger partial charge in [0.2, 0.25) is 0 Å². The molecule has 2 atom stereocenters. The summed E-state index contributed by atoms with van der Waals surface area (Å²) in [6.07, 6.45) is 2.87. The van der Waals surface area contributed by atoms with Crippen LogP contribution in [0, 0.1) is 0 Å². The van der Waals surface area contributed by atoms with Gasteiger partial charge in [-0.25, -0.2) is 0 Å². The summed E-state index contributed by atoms with van der Waals surface area (Å²) in [6.45, 7) is 2.17. The number of nitrogens with zero attached hydrogens (tertiary/aromatic N) is 1. The highest BCUT2D eigenvalue weighted by Gasteiger charge is 2.34. The van der Waals surface area contributed by atoms with E-state index in [-0.39, 0.29) is 11.5 Å². The van der Waals surface area contributed by atoms with Crippen LogP contribution in [-0.2, 0) is 4.74 Å². The van der Waals surface area contributed by atoms with Gasteiger partial charge in [0.1, 0.15) is 5.75 Å². The number of likely N-dealkylation sites (tertiary alicyclic amines) is 1. The molecule has 1 aromatic rings. The SMILES string of the molecule is O=C(CN1CC2CCC(C1)O2)c1ccc(O)cc1. The molecule has 2 bridgehead atoms. The van der Waals surface area contributed by atoms with E-state index in [1.165, 1.54) is 0 Å². The highest BCUT2D eigenvalue weighted by Crippen LogP contribution is 2.26. The molecule has 2 heterocycles. The van der Waals surface area contributed by atoms with Gasteiger partial charge >= 0.3 is 0 Å². The molecule has 3 rings (SSSR count). The number of carbonyl (C=O) groups excluding carboxylic acids is 1. The van der Waals surface area contributed by atoms with Gasteiger partial charge in [-0.1, -0.05) is 0 Å². The number of aromatic hydroxyl groups is 1. The topological polar surface area (TPSA) is 49.8 Å². The Morgan fingerprint density at radius 3 is 2.44 bits per heavy atom. The number of hydrogen-bond acceptors (Lipinski definition) is 4. The van der Waals surface area contributed by atoms with Crippen LogP contribution in [0.5, 0.6) is 5.75 Å². The molecule has 0 spiro atoms. The first-order valence-corrected chi connectivity index (χ1v) is 6.41. The van der Waals surface area contributed by atoms with Crippen molar-refractivity contribution in [1.29, 1.82) is 0 Å². The molecular weight excluding hydrogens is 230 g/mol. The zero-order valence-electron chi connectivity index (χ0n) is 10.2. The van der Waals surface area contributed by atoms with Crippen molar-refractivity contribution in [2.75, 3.05) is 19.6 Å². The summed E-state index contributed by atoms with van der Waals surface area (Å²) in [4.78, 5) is 14.3. The van der Waals surface area contributed by atoms with Gasteiger partial charge in [-0.15, -0.1) is 0 Å². The lowest BCUT2D eigenvalue weighted by Crippen LogP contribution is -2.44. The van der Waals surface area contributed by atoms with Crippen molar-refractivity contribution in [2.45, 2.75) is 25.0 Å². The molecule has 18 heavy (non-hydrogen) atoms. The van der Waals surface area contributed by atoms with Gasteiger partial charge in [0.15, 0.2) is 5.78 Å². The molecular formula is C14H17NO3. The number of ketones is 1. The summed E-state index contributed by atoms with van der Waals surface area (Å²) in [5, 5.41) is 9.20. The number of fused-ring (bicyclic) bond motifs is 2. The molecule has 0 aromatic heterocycles. The van der Waals surface area contributed by atoms with Gasteiger partial charge in [-0.05, 0) is 37.1 Å². The van der Waals surface area contributed by atoms with Crippen molar-refractivity contribution < 1.29 is 14.6 Å². The van der Waals surface area contributed by atoms with Crippen LogP contribution in [-0.4, -0.2) is 47.6 Å². The van der Waals surface area contributed by atoms with E-state index < -0.39 is 0 Å². The first-order valence-electron chi connectivity index (χ1n) is 6.41. The maximum absolute atomic E-state index is 12.1.